The molecule has 1 heterocycles. The number of hydrogen-bond acceptors (Lipinski definition) is 5. The summed E-state index contributed by atoms with van der Waals surface area (Å²) in [6.07, 6.45) is 1.33. The van der Waals surface area contributed by atoms with Crippen LogP contribution in [0.2, 0.25) is 10.0 Å². The topological polar surface area (TPSA) is 72.5 Å². The molecule has 0 spiro atoms. The molecule has 1 aromatic rings. The first-order chi connectivity index (χ1) is 10.5. The molecule has 1 fully saturated rings. The highest BCUT2D eigenvalue weighted by atomic mass is 35.5. The normalized spacial score (nSPS) is 17.3. The first-order valence-corrected chi connectivity index (χ1v) is 7.69. The zero-order valence-electron chi connectivity index (χ0n) is 11.7. The molecule has 2 rings (SSSR count). The van der Waals surface area contributed by atoms with E-state index in [1.54, 1.807) is 0 Å². The molecule has 0 saturated carbocycles. The molecule has 118 valence electrons. The minimum Gasteiger partial charge on any atom is -0.392 e. The fraction of sp³-hybridized carbons (Fsp3) is 0.400. The molecular formula is C15H15Cl2NO4. The maximum Gasteiger partial charge on any atom is 0.330 e. The minimum absolute atomic E-state index is 0.0534. The number of rotatable bonds is 5. The fourth-order valence-electron chi connectivity index (χ4n) is 2.15. The monoisotopic (exact) mass is 343 g/mol. The van der Waals surface area contributed by atoms with Gasteiger partial charge in [0, 0.05) is 12.0 Å². The summed E-state index contributed by atoms with van der Waals surface area (Å²) < 4.78 is 4.72. The number of benzene rings is 1. The second-order valence-corrected chi connectivity index (χ2v) is 5.81. The lowest BCUT2D eigenvalue weighted by Gasteiger charge is -2.08. The van der Waals surface area contributed by atoms with E-state index in [0.29, 0.717) is 17.0 Å². The lowest BCUT2D eigenvalue weighted by molar-refractivity contribution is -0.160. The first kappa shape index (κ1) is 16.9. The molecule has 0 bridgehead atoms. The summed E-state index contributed by atoms with van der Waals surface area (Å²) in [7, 11) is 0. The van der Waals surface area contributed by atoms with Crippen LogP contribution >= 0.6 is 23.2 Å². The van der Waals surface area contributed by atoms with Gasteiger partial charge in [-0.2, -0.15) is 0 Å². The minimum atomic E-state index is -0.702. The highest BCUT2D eigenvalue weighted by Crippen LogP contribution is 2.23. The molecule has 1 atom stereocenters. The SMILES string of the molecule is O=C(CCC(=O)c1ccc(Cl)c(Cl)c1)OC(=O)[C@@H]1CCCN1. The Balaban J connectivity index is 1.81. The van der Waals surface area contributed by atoms with Crippen LogP contribution in [0.3, 0.4) is 0 Å². The Hall–Kier alpha value is -1.43. The summed E-state index contributed by atoms with van der Waals surface area (Å²) in [5, 5.41) is 3.57. The zero-order chi connectivity index (χ0) is 16.1. The predicted octanol–water partition coefficient (Wildman–Crippen LogP) is 2.78. The van der Waals surface area contributed by atoms with Crippen LogP contribution in [0.15, 0.2) is 18.2 Å². The summed E-state index contributed by atoms with van der Waals surface area (Å²) in [6.45, 7) is 0.740. The summed E-state index contributed by atoms with van der Waals surface area (Å²) in [6, 6.07) is 4.08. The Morgan fingerprint density at radius 2 is 1.95 bits per heavy atom. The van der Waals surface area contributed by atoms with Crippen LogP contribution in [-0.4, -0.2) is 30.3 Å². The second kappa shape index (κ2) is 7.72. The summed E-state index contributed by atoms with van der Waals surface area (Å²) in [4.78, 5) is 35.2. The summed E-state index contributed by atoms with van der Waals surface area (Å²) in [5.41, 5.74) is 0.367. The van der Waals surface area contributed by atoms with Crippen LogP contribution in [-0.2, 0) is 14.3 Å². The molecular weight excluding hydrogens is 329 g/mol. The Morgan fingerprint density at radius 3 is 2.59 bits per heavy atom. The molecule has 1 aliphatic heterocycles. The lowest BCUT2D eigenvalue weighted by Crippen LogP contribution is -2.33. The van der Waals surface area contributed by atoms with Gasteiger partial charge in [0.2, 0.25) is 0 Å². The smallest absolute Gasteiger partial charge is 0.330 e. The highest BCUT2D eigenvalue weighted by Gasteiger charge is 2.25. The van der Waals surface area contributed by atoms with E-state index in [9.17, 15) is 14.4 Å². The number of carbonyl (C=O) groups excluding carboxylic acids is 3. The van der Waals surface area contributed by atoms with Gasteiger partial charge in [0.1, 0.15) is 6.04 Å². The van der Waals surface area contributed by atoms with Gasteiger partial charge in [-0.25, -0.2) is 4.79 Å². The van der Waals surface area contributed by atoms with E-state index in [4.69, 9.17) is 27.9 Å². The molecule has 1 aliphatic rings. The number of Topliss-reactive ketones (excluding diaryl/α,β-unsaturated/α-hetero) is 1. The van der Waals surface area contributed by atoms with Crippen molar-refractivity contribution < 1.29 is 19.1 Å². The quantitative estimate of drug-likeness (QED) is 0.505. The van der Waals surface area contributed by atoms with Crippen LogP contribution in [0, 0.1) is 0 Å². The average Bonchev–Trinajstić information content (AvgIpc) is 3.02. The van der Waals surface area contributed by atoms with Crippen molar-refractivity contribution in [3.63, 3.8) is 0 Å². The molecule has 0 aromatic heterocycles. The Kier molecular flexibility index (Phi) is 5.94. The van der Waals surface area contributed by atoms with Gasteiger partial charge in [-0.05, 0) is 37.6 Å². The lowest BCUT2D eigenvalue weighted by atomic mass is 10.1. The van der Waals surface area contributed by atoms with Gasteiger partial charge in [0.15, 0.2) is 5.78 Å². The number of esters is 2. The Bertz CT molecular complexity index is 597. The fourth-order valence-corrected chi connectivity index (χ4v) is 2.45. The van der Waals surface area contributed by atoms with Crippen molar-refractivity contribution in [1.82, 2.24) is 5.32 Å². The number of ether oxygens (including phenoxy) is 1. The second-order valence-electron chi connectivity index (χ2n) is 4.99. The van der Waals surface area contributed by atoms with Crippen LogP contribution < -0.4 is 5.32 Å². The van der Waals surface area contributed by atoms with Gasteiger partial charge in [-0.1, -0.05) is 23.2 Å². The summed E-state index contributed by atoms with van der Waals surface area (Å²) >= 11 is 11.6. The third-order valence-electron chi connectivity index (χ3n) is 3.36. The van der Waals surface area contributed by atoms with Gasteiger partial charge in [-0.15, -0.1) is 0 Å². The van der Waals surface area contributed by atoms with E-state index >= 15 is 0 Å². The van der Waals surface area contributed by atoms with Gasteiger partial charge in [-0.3, -0.25) is 9.59 Å². The van der Waals surface area contributed by atoms with Crippen molar-refractivity contribution in [3.8, 4) is 0 Å². The third kappa shape index (κ3) is 4.53. The van der Waals surface area contributed by atoms with E-state index < -0.39 is 18.0 Å². The predicted molar refractivity (Wildman–Crippen MR) is 82.2 cm³/mol. The zero-order valence-corrected chi connectivity index (χ0v) is 13.2. The molecule has 7 heteroatoms. The van der Waals surface area contributed by atoms with Crippen molar-refractivity contribution in [2.45, 2.75) is 31.7 Å². The molecule has 5 nitrogen and oxygen atoms in total. The van der Waals surface area contributed by atoms with Gasteiger partial charge >= 0.3 is 11.9 Å². The van der Waals surface area contributed by atoms with Crippen LogP contribution in [0.25, 0.3) is 0 Å². The van der Waals surface area contributed by atoms with Gasteiger partial charge < -0.3 is 10.1 Å². The first-order valence-electron chi connectivity index (χ1n) is 6.93. The van der Waals surface area contributed by atoms with E-state index in [0.717, 1.165) is 13.0 Å². The molecule has 22 heavy (non-hydrogen) atoms. The van der Waals surface area contributed by atoms with Crippen LogP contribution in [0.4, 0.5) is 0 Å². The molecule has 0 aliphatic carbocycles. The van der Waals surface area contributed by atoms with E-state index in [1.165, 1.54) is 18.2 Å². The highest BCUT2D eigenvalue weighted by molar-refractivity contribution is 6.42. The van der Waals surface area contributed by atoms with Gasteiger partial charge in [0.05, 0.1) is 16.5 Å². The molecule has 0 radical (unpaired) electrons. The van der Waals surface area contributed by atoms with E-state index in [-0.39, 0.29) is 23.6 Å². The number of nitrogens with one attached hydrogen (secondary N) is 1. The largest absolute Gasteiger partial charge is 0.392 e. The maximum atomic E-state index is 11.9. The Morgan fingerprint density at radius 1 is 1.18 bits per heavy atom. The number of ketones is 1. The van der Waals surface area contributed by atoms with Crippen LogP contribution in [0.1, 0.15) is 36.0 Å². The third-order valence-corrected chi connectivity index (χ3v) is 4.10. The molecule has 1 saturated heterocycles. The standard InChI is InChI=1S/C15H15Cl2NO4/c16-10-4-3-9(8-11(10)17)13(19)5-6-14(20)22-15(21)12-2-1-7-18-12/h3-4,8,12,18H,1-2,5-7H2/t12-/m0/s1. The van der Waals surface area contributed by atoms with Gasteiger partial charge in [0.25, 0.3) is 0 Å². The number of hydrogen-bond donors (Lipinski definition) is 1. The van der Waals surface area contributed by atoms with E-state index in [2.05, 4.69) is 5.32 Å². The molecule has 1 aromatic carbocycles. The van der Waals surface area contributed by atoms with Crippen molar-refractivity contribution in [3.05, 3.63) is 33.8 Å². The molecule has 1 N–H and O–H groups in total. The Labute approximate surface area is 137 Å². The number of carbonyl (C=O) groups is 3. The van der Waals surface area contributed by atoms with Crippen molar-refractivity contribution in [2.75, 3.05) is 6.54 Å². The molecule has 0 amide bonds. The number of halogens is 2. The van der Waals surface area contributed by atoms with Crippen molar-refractivity contribution in [1.29, 1.82) is 0 Å². The maximum absolute atomic E-state index is 11.9. The van der Waals surface area contributed by atoms with Crippen molar-refractivity contribution >= 4 is 40.9 Å². The van der Waals surface area contributed by atoms with E-state index in [1.807, 2.05) is 0 Å². The summed E-state index contributed by atoms with van der Waals surface area (Å²) in [5.74, 6) is -1.54. The molecule has 0 unspecified atom stereocenters. The van der Waals surface area contributed by atoms with Crippen LogP contribution in [0.5, 0.6) is 0 Å². The van der Waals surface area contributed by atoms with Crippen molar-refractivity contribution in [2.24, 2.45) is 0 Å². The average molecular weight is 344 g/mol.